The van der Waals surface area contributed by atoms with Gasteiger partial charge in [-0.1, -0.05) is 23.2 Å². The van der Waals surface area contributed by atoms with Crippen molar-refractivity contribution in [3.8, 4) is 0 Å². The maximum absolute atomic E-state index is 12.4. The van der Waals surface area contributed by atoms with E-state index in [1.807, 2.05) is 0 Å². The van der Waals surface area contributed by atoms with Crippen LogP contribution in [-0.4, -0.2) is 23.7 Å². The molecule has 0 radical (unpaired) electrons. The molecule has 0 spiro atoms. The minimum atomic E-state index is -0.478. The van der Waals surface area contributed by atoms with Crippen LogP contribution >= 0.6 is 34.8 Å². The van der Waals surface area contributed by atoms with E-state index in [2.05, 4.69) is 9.97 Å². The molecular weight excluding hydrogens is 365 g/mol. The monoisotopic (exact) mass is 373 g/mol. The SMILES string of the molecule is Cn1c(=O)c2c(nc(Cl)n2Cc2cc(Cl)nc(Cl)c2)n(C)c1=O. The fourth-order valence-corrected chi connectivity index (χ4v) is 3.08. The van der Waals surface area contributed by atoms with Gasteiger partial charge < -0.3 is 4.57 Å². The Labute approximate surface area is 144 Å². The van der Waals surface area contributed by atoms with Gasteiger partial charge in [0.05, 0.1) is 6.54 Å². The molecule has 0 saturated carbocycles. The first-order valence-corrected chi connectivity index (χ1v) is 7.56. The summed E-state index contributed by atoms with van der Waals surface area (Å²) in [6.07, 6.45) is 0. The van der Waals surface area contributed by atoms with Gasteiger partial charge in [0.1, 0.15) is 10.3 Å². The van der Waals surface area contributed by atoms with Crippen LogP contribution in [0, 0.1) is 0 Å². The lowest BCUT2D eigenvalue weighted by Gasteiger charge is -2.08. The quantitative estimate of drug-likeness (QED) is 0.507. The molecule has 0 aliphatic rings. The van der Waals surface area contributed by atoms with Crippen molar-refractivity contribution >= 4 is 46.0 Å². The van der Waals surface area contributed by atoms with E-state index in [1.54, 1.807) is 12.1 Å². The smallest absolute Gasteiger partial charge is 0.304 e. The van der Waals surface area contributed by atoms with Crippen LogP contribution in [0.1, 0.15) is 5.56 Å². The largest absolute Gasteiger partial charge is 0.332 e. The second-order valence-electron chi connectivity index (χ2n) is 4.97. The summed E-state index contributed by atoms with van der Waals surface area (Å²) in [4.78, 5) is 32.4. The molecule has 0 aliphatic heterocycles. The summed E-state index contributed by atoms with van der Waals surface area (Å²) in [5, 5.41) is 0.545. The number of pyridine rings is 1. The van der Waals surface area contributed by atoms with E-state index in [9.17, 15) is 9.59 Å². The Morgan fingerprint density at radius 3 is 2.22 bits per heavy atom. The van der Waals surface area contributed by atoms with Crippen LogP contribution in [0.2, 0.25) is 15.6 Å². The predicted molar refractivity (Wildman–Crippen MR) is 88.6 cm³/mol. The minimum Gasteiger partial charge on any atom is -0.304 e. The summed E-state index contributed by atoms with van der Waals surface area (Å²) in [6.45, 7) is 0.213. The number of rotatable bonds is 2. The summed E-state index contributed by atoms with van der Waals surface area (Å²) < 4.78 is 3.77. The van der Waals surface area contributed by atoms with Gasteiger partial charge in [0.2, 0.25) is 5.28 Å². The van der Waals surface area contributed by atoms with Crippen LogP contribution in [0.5, 0.6) is 0 Å². The fourth-order valence-electron chi connectivity index (χ4n) is 2.35. The summed E-state index contributed by atoms with van der Waals surface area (Å²) in [5.41, 5.74) is 0.192. The number of halogens is 3. The number of hydrogen-bond donors (Lipinski definition) is 0. The molecule has 7 nitrogen and oxygen atoms in total. The maximum atomic E-state index is 12.4. The Morgan fingerprint density at radius 1 is 1.00 bits per heavy atom. The maximum Gasteiger partial charge on any atom is 0.332 e. The van der Waals surface area contributed by atoms with Crippen molar-refractivity contribution in [1.29, 1.82) is 0 Å². The minimum absolute atomic E-state index is 0.0855. The van der Waals surface area contributed by atoms with Gasteiger partial charge in [-0.3, -0.25) is 13.9 Å². The lowest BCUT2D eigenvalue weighted by molar-refractivity contribution is 0.702. The van der Waals surface area contributed by atoms with Gasteiger partial charge in [-0.15, -0.1) is 0 Å². The lowest BCUT2D eigenvalue weighted by atomic mass is 10.2. The highest BCUT2D eigenvalue weighted by molar-refractivity contribution is 6.32. The van der Waals surface area contributed by atoms with Gasteiger partial charge in [0, 0.05) is 14.1 Å². The normalized spacial score (nSPS) is 11.3. The van der Waals surface area contributed by atoms with Crippen molar-refractivity contribution in [1.82, 2.24) is 23.7 Å². The summed E-state index contributed by atoms with van der Waals surface area (Å²) in [7, 11) is 2.92. The second kappa shape index (κ2) is 5.67. The highest BCUT2D eigenvalue weighted by Gasteiger charge is 2.18. The number of nitrogens with zero attached hydrogens (tertiary/aromatic N) is 5. The molecule has 0 aromatic carbocycles. The zero-order valence-corrected chi connectivity index (χ0v) is 14.3. The number of hydrogen-bond acceptors (Lipinski definition) is 4. The molecule has 0 bridgehead atoms. The first-order chi connectivity index (χ1) is 10.8. The van der Waals surface area contributed by atoms with E-state index in [0.717, 1.165) is 4.57 Å². The van der Waals surface area contributed by atoms with Gasteiger partial charge in [-0.25, -0.2) is 9.78 Å². The zero-order valence-electron chi connectivity index (χ0n) is 12.0. The van der Waals surface area contributed by atoms with Gasteiger partial charge in [0.25, 0.3) is 5.56 Å². The van der Waals surface area contributed by atoms with Crippen LogP contribution in [0.4, 0.5) is 0 Å². The van der Waals surface area contributed by atoms with Crippen molar-refractivity contribution in [2.45, 2.75) is 6.54 Å². The first kappa shape index (κ1) is 16.0. The van der Waals surface area contributed by atoms with Gasteiger partial charge >= 0.3 is 5.69 Å². The first-order valence-electron chi connectivity index (χ1n) is 6.43. The van der Waals surface area contributed by atoms with Crippen LogP contribution in [-0.2, 0) is 20.6 Å². The Bertz CT molecular complexity index is 1030. The third kappa shape index (κ3) is 2.65. The van der Waals surface area contributed by atoms with Crippen molar-refractivity contribution in [3.05, 3.63) is 54.1 Å². The van der Waals surface area contributed by atoms with Crippen LogP contribution in [0.25, 0.3) is 11.2 Å². The Morgan fingerprint density at radius 2 is 1.61 bits per heavy atom. The molecule has 0 aliphatic carbocycles. The average Bonchev–Trinajstić information content (AvgIpc) is 2.79. The molecule has 3 rings (SSSR count). The zero-order chi connectivity index (χ0) is 16.9. The highest BCUT2D eigenvalue weighted by Crippen LogP contribution is 2.20. The van der Waals surface area contributed by atoms with Crippen LogP contribution in [0.15, 0.2) is 21.7 Å². The van der Waals surface area contributed by atoms with Crippen molar-refractivity contribution in [2.75, 3.05) is 0 Å². The van der Waals surface area contributed by atoms with E-state index in [1.165, 1.54) is 23.2 Å². The molecule has 0 unspecified atom stereocenters. The molecule has 3 aromatic heterocycles. The average molecular weight is 375 g/mol. The number of fused-ring (bicyclic) bond motifs is 1. The molecule has 0 amide bonds. The second-order valence-corrected chi connectivity index (χ2v) is 6.08. The van der Waals surface area contributed by atoms with E-state index in [4.69, 9.17) is 34.8 Å². The molecule has 120 valence electrons. The van der Waals surface area contributed by atoms with Gasteiger partial charge in [-0.05, 0) is 29.3 Å². The predicted octanol–water partition coefficient (Wildman–Crippen LogP) is 1.84. The topological polar surface area (TPSA) is 74.7 Å². The van der Waals surface area contributed by atoms with E-state index < -0.39 is 11.2 Å². The molecule has 10 heteroatoms. The Balaban J connectivity index is 2.28. The third-order valence-electron chi connectivity index (χ3n) is 3.46. The molecule has 0 N–H and O–H groups in total. The Kier molecular flexibility index (Phi) is 3.95. The summed E-state index contributed by atoms with van der Waals surface area (Å²) in [6, 6.07) is 3.23. The number of imidazole rings is 1. The van der Waals surface area contributed by atoms with Crippen molar-refractivity contribution in [3.63, 3.8) is 0 Å². The molecule has 23 heavy (non-hydrogen) atoms. The number of aromatic nitrogens is 5. The lowest BCUT2D eigenvalue weighted by Crippen LogP contribution is -2.37. The molecule has 0 fully saturated rings. The van der Waals surface area contributed by atoms with Crippen LogP contribution in [0.3, 0.4) is 0 Å². The summed E-state index contributed by atoms with van der Waals surface area (Å²) in [5.74, 6) is 0. The third-order valence-corrected chi connectivity index (χ3v) is 4.14. The fraction of sp³-hybridized carbons (Fsp3) is 0.231. The van der Waals surface area contributed by atoms with Crippen LogP contribution < -0.4 is 11.2 Å². The van der Waals surface area contributed by atoms with E-state index >= 15 is 0 Å². The molecule has 3 heterocycles. The van der Waals surface area contributed by atoms with E-state index in [-0.39, 0.29) is 33.3 Å². The standard InChI is InChI=1S/C13H10Cl3N5O2/c1-19-10-9(11(22)20(2)13(19)23)21(12(16)18-10)5-6-3-7(14)17-8(15)4-6/h3-4H,5H2,1-2H3. The molecule has 3 aromatic rings. The molecule has 0 atom stereocenters. The number of aryl methyl sites for hydroxylation is 1. The van der Waals surface area contributed by atoms with Crippen molar-refractivity contribution < 1.29 is 0 Å². The summed E-state index contributed by atoms with van der Waals surface area (Å²) >= 11 is 17.9. The van der Waals surface area contributed by atoms with Crippen molar-refractivity contribution in [2.24, 2.45) is 14.1 Å². The molecule has 0 saturated heterocycles. The van der Waals surface area contributed by atoms with Gasteiger partial charge in [-0.2, -0.15) is 4.98 Å². The van der Waals surface area contributed by atoms with E-state index in [0.29, 0.717) is 5.56 Å². The molecular formula is C13H10Cl3N5O2. The highest BCUT2D eigenvalue weighted by atomic mass is 35.5. The Hall–Kier alpha value is -1.83. The van der Waals surface area contributed by atoms with Gasteiger partial charge in [0.15, 0.2) is 11.2 Å².